The van der Waals surface area contributed by atoms with Gasteiger partial charge in [0.05, 0.1) is 6.20 Å². The molecule has 0 saturated heterocycles. The Morgan fingerprint density at radius 3 is 2.93 bits per heavy atom. The molecule has 0 aliphatic heterocycles. The van der Waals surface area contributed by atoms with Gasteiger partial charge in [0.25, 0.3) is 0 Å². The van der Waals surface area contributed by atoms with Crippen LogP contribution >= 0.6 is 22.6 Å². The van der Waals surface area contributed by atoms with Gasteiger partial charge in [0.15, 0.2) is 0 Å². The second kappa shape index (κ2) is 3.80. The Labute approximate surface area is 94.5 Å². The number of hydrogen-bond acceptors (Lipinski definition) is 3. The minimum Gasteiger partial charge on any atom is -0.426 e. The number of hydrogen-bond donors (Lipinski definition) is 0. The van der Waals surface area contributed by atoms with Gasteiger partial charge in [-0.25, -0.2) is 4.98 Å². The highest BCUT2D eigenvalue weighted by atomic mass is 127. The second-order valence-electron chi connectivity index (χ2n) is 2.65. The van der Waals surface area contributed by atoms with E-state index in [1.165, 1.54) is 6.20 Å². The molecule has 0 amide bonds. The lowest BCUT2D eigenvalue weighted by Gasteiger charge is -1.94. The fourth-order valence-corrected chi connectivity index (χ4v) is 1.62. The molecule has 0 unspecified atom stereocenters. The molecule has 2 aromatic rings. The van der Waals surface area contributed by atoms with Crippen LogP contribution in [0.3, 0.4) is 0 Å². The van der Waals surface area contributed by atoms with Gasteiger partial charge in [-0.1, -0.05) is 6.07 Å². The lowest BCUT2D eigenvalue weighted by molar-refractivity contribution is 0.560. The monoisotopic (exact) mass is 296 g/mol. The van der Waals surface area contributed by atoms with Gasteiger partial charge < -0.3 is 4.42 Å². The summed E-state index contributed by atoms with van der Waals surface area (Å²) in [5, 5.41) is 8.57. The molecule has 2 rings (SSSR count). The van der Waals surface area contributed by atoms with Crippen molar-refractivity contribution >= 4 is 22.6 Å². The molecule has 1 heterocycles. The van der Waals surface area contributed by atoms with Crippen molar-refractivity contribution in [2.45, 2.75) is 0 Å². The summed E-state index contributed by atoms with van der Waals surface area (Å²) in [6.07, 6.45) is 1.43. The lowest BCUT2D eigenvalue weighted by atomic mass is 10.2. The van der Waals surface area contributed by atoms with Crippen molar-refractivity contribution in [1.29, 1.82) is 5.26 Å². The zero-order chi connectivity index (χ0) is 9.97. The average molecular weight is 296 g/mol. The van der Waals surface area contributed by atoms with E-state index in [9.17, 15) is 0 Å². The van der Waals surface area contributed by atoms with Gasteiger partial charge in [-0.2, -0.15) is 5.26 Å². The third-order valence-electron chi connectivity index (χ3n) is 1.69. The Hall–Kier alpha value is -1.35. The van der Waals surface area contributed by atoms with E-state index in [1.807, 2.05) is 30.3 Å². The Morgan fingerprint density at radius 2 is 2.29 bits per heavy atom. The fraction of sp³-hybridized carbons (Fsp3) is 0. The zero-order valence-corrected chi connectivity index (χ0v) is 9.22. The summed E-state index contributed by atoms with van der Waals surface area (Å²) < 4.78 is 6.31. The summed E-state index contributed by atoms with van der Waals surface area (Å²) in [7, 11) is 0. The molecule has 0 radical (unpaired) electrons. The number of aromatic nitrogens is 1. The number of rotatable bonds is 1. The summed E-state index contributed by atoms with van der Waals surface area (Å²) in [5.41, 5.74) is 0.887. The predicted octanol–water partition coefficient (Wildman–Crippen LogP) is 2.82. The molecule has 68 valence electrons. The third-order valence-corrected chi connectivity index (χ3v) is 2.36. The van der Waals surface area contributed by atoms with Crippen molar-refractivity contribution in [3.05, 3.63) is 39.8 Å². The molecule has 0 saturated carbocycles. The normalized spacial score (nSPS) is 9.71. The Morgan fingerprint density at radius 1 is 1.43 bits per heavy atom. The molecule has 14 heavy (non-hydrogen) atoms. The van der Waals surface area contributed by atoms with E-state index in [4.69, 9.17) is 9.68 Å². The van der Waals surface area contributed by atoms with E-state index in [-0.39, 0.29) is 5.76 Å². The summed E-state index contributed by atoms with van der Waals surface area (Å²) in [5.74, 6) is 0.721. The van der Waals surface area contributed by atoms with Crippen molar-refractivity contribution in [3.63, 3.8) is 0 Å². The van der Waals surface area contributed by atoms with Crippen molar-refractivity contribution in [2.75, 3.05) is 0 Å². The number of nitrogens with zero attached hydrogens (tertiary/aromatic N) is 2. The van der Waals surface area contributed by atoms with Crippen molar-refractivity contribution in [1.82, 2.24) is 4.98 Å². The highest BCUT2D eigenvalue weighted by Crippen LogP contribution is 2.20. The molecule has 0 spiro atoms. The molecule has 0 N–H and O–H groups in total. The minimum absolute atomic E-state index is 0.235. The van der Waals surface area contributed by atoms with Gasteiger partial charge in [0.1, 0.15) is 6.07 Å². The molecular weight excluding hydrogens is 291 g/mol. The molecule has 1 aromatic heterocycles. The van der Waals surface area contributed by atoms with Gasteiger partial charge in [-0.3, -0.25) is 0 Å². The Kier molecular flexibility index (Phi) is 2.50. The van der Waals surface area contributed by atoms with Gasteiger partial charge in [0.2, 0.25) is 11.7 Å². The highest BCUT2D eigenvalue weighted by Gasteiger charge is 2.05. The first-order valence-corrected chi connectivity index (χ1v) is 4.99. The number of benzene rings is 1. The van der Waals surface area contributed by atoms with Gasteiger partial charge in [-0.15, -0.1) is 0 Å². The highest BCUT2D eigenvalue weighted by molar-refractivity contribution is 14.1. The van der Waals surface area contributed by atoms with Gasteiger partial charge in [0, 0.05) is 9.13 Å². The summed E-state index contributed by atoms with van der Waals surface area (Å²) in [4.78, 5) is 4.01. The molecule has 1 aromatic carbocycles. The van der Waals surface area contributed by atoms with Crippen LogP contribution in [0.4, 0.5) is 0 Å². The first kappa shape index (κ1) is 9.21. The third kappa shape index (κ3) is 1.77. The topological polar surface area (TPSA) is 49.8 Å². The van der Waals surface area contributed by atoms with Crippen LogP contribution < -0.4 is 0 Å². The lowest BCUT2D eigenvalue weighted by Crippen LogP contribution is -1.77. The van der Waals surface area contributed by atoms with Crippen LogP contribution in [0, 0.1) is 14.9 Å². The van der Waals surface area contributed by atoms with Gasteiger partial charge in [-0.05, 0) is 40.8 Å². The van der Waals surface area contributed by atoms with E-state index in [2.05, 4.69) is 27.6 Å². The number of nitriles is 1. The molecule has 0 bridgehead atoms. The van der Waals surface area contributed by atoms with Crippen LogP contribution in [0.2, 0.25) is 0 Å². The van der Waals surface area contributed by atoms with Gasteiger partial charge >= 0.3 is 0 Å². The maximum atomic E-state index is 8.57. The second-order valence-corrected chi connectivity index (χ2v) is 3.90. The van der Waals surface area contributed by atoms with E-state index in [0.717, 1.165) is 9.13 Å². The molecule has 0 aliphatic rings. The van der Waals surface area contributed by atoms with Crippen molar-refractivity contribution in [2.24, 2.45) is 0 Å². The predicted molar refractivity (Wildman–Crippen MR) is 59.4 cm³/mol. The Balaban J connectivity index is 2.45. The molecule has 3 nitrogen and oxygen atoms in total. The van der Waals surface area contributed by atoms with E-state index < -0.39 is 0 Å². The van der Waals surface area contributed by atoms with E-state index in [0.29, 0.717) is 5.89 Å². The Bertz CT molecular complexity index is 499. The van der Waals surface area contributed by atoms with Crippen LogP contribution in [0.5, 0.6) is 0 Å². The van der Waals surface area contributed by atoms with E-state index in [1.54, 1.807) is 0 Å². The van der Waals surface area contributed by atoms with Crippen molar-refractivity contribution in [3.8, 4) is 17.5 Å². The minimum atomic E-state index is 0.235. The van der Waals surface area contributed by atoms with Crippen LogP contribution in [0.1, 0.15) is 5.76 Å². The average Bonchev–Trinajstić information content (AvgIpc) is 2.66. The van der Waals surface area contributed by atoms with Crippen LogP contribution in [0.25, 0.3) is 11.5 Å². The first-order valence-electron chi connectivity index (χ1n) is 3.91. The largest absolute Gasteiger partial charge is 0.426 e. The molecule has 0 aliphatic carbocycles. The van der Waals surface area contributed by atoms with Crippen LogP contribution in [0.15, 0.2) is 34.9 Å². The standard InChI is InChI=1S/C10H5IN2O/c11-8-3-1-2-7(4-8)10-13-6-9(5-12)14-10/h1-4,6H. The van der Waals surface area contributed by atoms with Crippen molar-refractivity contribution < 1.29 is 4.42 Å². The quantitative estimate of drug-likeness (QED) is 0.760. The molecule has 0 atom stereocenters. The maximum Gasteiger partial charge on any atom is 0.227 e. The van der Waals surface area contributed by atoms with Crippen LogP contribution in [-0.2, 0) is 0 Å². The number of oxazole rings is 1. The smallest absolute Gasteiger partial charge is 0.227 e. The summed E-state index contributed by atoms with van der Waals surface area (Å²) in [6, 6.07) is 9.66. The van der Waals surface area contributed by atoms with E-state index >= 15 is 0 Å². The fourth-order valence-electron chi connectivity index (χ4n) is 1.08. The number of halogens is 1. The van der Waals surface area contributed by atoms with Crippen LogP contribution in [-0.4, -0.2) is 4.98 Å². The SMILES string of the molecule is N#Cc1cnc(-c2cccc(I)c2)o1. The zero-order valence-electron chi connectivity index (χ0n) is 7.07. The molecule has 4 heteroatoms. The maximum absolute atomic E-state index is 8.57. The summed E-state index contributed by atoms with van der Waals surface area (Å²) in [6.45, 7) is 0. The summed E-state index contributed by atoms with van der Waals surface area (Å²) >= 11 is 2.21. The molecular formula is C10H5IN2O. The molecule has 0 fully saturated rings. The first-order chi connectivity index (χ1) is 6.79.